The first-order chi connectivity index (χ1) is 8.69. The molecule has 0 heterocycles. The summed E-state index contributed by atoms with van der Waals surface area (Å²) < 4.78 is 5.27. The first-order valence-electron chi connectivity index (χ1n) is 6.26. The van der Waals surface area contributed by atoms with Crippen LogP contribution in [0.1, 0.15) is 33.6 Å². The molecule has 0 radical (unpaired) electrons. The fourth-order valence-corrected chi connectivity index (χ4v) is 1.31. The van der Waals surface area contributed by atoms with Gasteiger partial charge in [0.15, 0.2) is 5.78 Å². The van der Waals surface area contributed by atoms with Gasteiger partial charge in [-0.05, 0) is 26.3 Å². The zero-order valence-corrected chi connectivity index (χ0v) is 11.4. The maximum Gasteiger partial charge on any atom is 0.188 e. The Morgan fingerprint density at radius 2 is 2.00 bits per heavy atom. The van der Waals surface area contributed by atoms with E-state index in [1.54, 1.807) is 31.2 Å². The second-order valence-corrected chi connectivity index (χ2v) is 3.84. The van der Waals surface area contributed by atoms with Crippen molar-refractivity contribution in [1.82, 2.24) is 0 Å². The molecule has 0 amide bonds. The number of aldehydes is 1. The van der Waals surface area contributed by atoms with Crippen molar-refractivity contribution >= 4 is 12.1 Å². The molecule has 0 bridgehead atoms. The Bertz CT molecular complexity index is 349. The van der Waals surface area contributed by atoms with Gasteiger partial charge >= 0.3 is 0 Å². The second kappa shape index (κ2) is 10.7. The molecular weight excluding hydrogens is 228 g/mol. The Morgan fingerprint density at radius 1 is 1.28 bits per heavy atom. The molecule has 18 heavy (non-hydrogen) atoms. The monoisotopic (exact) mass is 250 g/mol. The van der Waals surface area contributed by atoms with Crippen LogP contribution in [0.25, 0.3) is 0 Å². The molecule has 3 heteroatoms. The lowest BCUT2D eigenvalue weighted by molar-refractivity contribution is -0.119. The fourth-order valence-electron chi connectivity index (χ4n) is 1.31. The molecule has 0 spiro atoms. The van der Waals surface area contributed by atoms with Crippen LogP contribution in [0.3, 0.4) is 0 Å². The number of ether oxygens (including phenoxy) is 1. The van der Waals surface area contributed by atoms with Crippen molar-refractivity contribution < 1.29 is 14.3 Å². The number of carbonyl (C=O) groups excluding carboxylic acids is 2. The van der Waals surface area contributed by atoms with E-state index < -0.39 is 0 Å². The van der Waals surface area contributed by atoms with Crippen molar-refractivity contribution in [3.8, 4) is 0 Å². The number of carbonyl (C=O) groups is 2. The molecule has 0 aliphatic rings. The summed E-state index contributed by atoms with van der Waals surface area (Å²) in [6.45, 7) is 6.32. The minimum absolute atomic E-state index is 0.0676. The molecule has 3 nitrogen and oxygen atoms in total. The molecule has 0 aromatic heterocycles. The first kappa shape index (κ1) is 16.5. The van der Waals surface area contributed by atoms with Crippen molar-refractivity contribution in [3.63, 3.8) is 0 Å². The lowest BCUT2D eigenvalue weighted by Gasteiger charge is -2.03. The molecule has 0 saturated carbocycles. The Kier molecular flexibility index (Phi) is 9.78. The quantitative estimate of drug-likeness (QED) is 0.273. The smallest absolute Gasteiger partial charge is 0.188 e. The van der Waals surface area contributed by atoms with Crippen LogP contribution in [-0.4, -0.2) is 25.3 Å². The number of Topliss-reactive ketones (excluding diaryl/α,β-unsaturated/α-hetero) is 1. The normalized spacial score (nSPS) is 13.1. The summed E-state index contributed by atoms with van der Waals surface area (Å²) in [4.78, 5) is 22.6. The third-order valence-corrected chi connectivity index (χ3v) is 2.33. The van der Waals surface area contributed by atoms with E-state index in [1.807, 2.05) is 6.92 Å². The van der Waals surface area contributed by atoms with Gasteiger partial charge < -0.3 is 4.74 Å². The van der Waals surface area contributed by atoms with Crippen LogP contribution in [0.15, 0.2) is 35.5 Å². The number of hydrogen-bond donors (Lipinski definition) is 0. The lowest BCUT2D eigenvalue weighted by atomic mass is 10.1. The molecule has 0 saturated heterocycles. The van der Waals surface area contributed by atoms with Gasteiger partial charge in [-0.3, -0.25) is 9.59 Å². The number of rotatable bonds is 9. The van der Waals surface area contributed by atoms with Crippen LogP contribution in [0.5, 0.6) is 0 Å². The minimum Gasteiger partial charge on any atom is -0.373 e. The highest BCUT2D eigenvalue weighted by atomic mass is 16.5. The molecule has 0 atom stereocenters. The van der Waals surface area contributed by atoms with Gasteiger partial charge in [-0.25, -0.2) is 0 Å². The van der Waals surface area contributed by atoms with Gasteiger partial charge in [0.25, 0.3) is 0 Å². The van der Waals surface area contributed by atoms with E-state index in [4.69, 9.17) is 4.74 Å². The van der Waals surface area contributed by atoms with Crippen molar-refractivity contribution in [2.45, 2.75) is 33.6 Å². The highest BCUT2D eigenvalue weighted by Gasteiger charge is 2.07. The van der Waals surface area contributed by atoms with Crippen LogP contribution in [0.2, 0.25) is 0 Å². The molecule has 0 aliphatic heterocycles. The van der Waals surface area contributed by atoms with Crippen molar-refractivity contribution in [2.75, 3.05) is 13.2 Å². The van der Waals surface area contributed by atoms with Gasteiger partial charge in [-0.1, -0.05) is 31.6 Å². The number of hydrogen-bond acceptors (Lipinski definition) is 3. The summed E-state index contributed by atoms with van der Waals surface area (Å²) in [6.07, 6.45) is 9.43. The second-order valence-electron chi connectivity index (χ2n) is 3.84. The van der Waals surface area contributed by atoms with Crippen LogP contribution >= 0.6 is 0 Å². The first-order valence-corrected chi connectivity index (χ1v) is 6.26. The summed E-state index contributed by atoms with van der Waals surface area (Å²) >= 11 is 0. The van der Waals surface area contributed by atoms with Gasteiger partial charge in [0.1, 0.15) is 12.9 Å². The highest BCUT2D eigenvalue weighted by Crippen LogP contribution is 2.05. The molecule has 0 unspecified atom stereocenters. The van der Waals surface area contributed by atoms with E-state index in [0.717, 1.165) is 19.1 Å². The molecule has 0 aromatic carbocycles. The SMILES string of the molecule is C\C=C/C(C=O)=C\C(=C/C)C(=O)COCCCC. The van der Waals surface area contributed by atoms with Crippen molar-refractivity contribution in [3.05, 3.63) is 35.5 Å². The Labute approximate surface area is 109 Å². The topological polar surface area (TPSA) is 43.4 Å². The summed E-state index contributed by atoms with van der Waals surface area (Å²) in [5, 5.41) is 0. The van der Waals surface area contributed by atoms with Gasteiger partial charge in [-0.2, -0.15) is 0 Å². The lowest BCUT2D eigenvalue weighted by Crippen LogP contribution is -2.11. The average Bonchev–Trinajstić information content (AvgIpc) is 2.39. The zero-order valence-electron chi connectivity index (χ0n) is 11.4. The van der Waals surface area contributed by atoms with E-state index in [0.29, 0.717) is 17.8 Å². The van der Waals surface area contributed by atoms with Crippen molar-refractivity contribution in [1.29, 1.82) is 0 Å². The Hall–Kier alpha value is -1.48. The Balaban J connectivity index is 4.50. The van der Waals surface area contributed by atoms with E-state index in [1.165, 1.54) is 0 Å². The minimum atomic E-state index is -0.0996. The van der Waals surface area contributed by atoms with Crippen LogP contribution < -0.4 is 0 Å². The maximum atomic E-state index is 11.8. The molecule has 0 N–H and O–H groups in total. The number of allylic oxidation sites excluding steroid dienone is 5. The van der Waals surface area contributed by atoms with E-state index in [9.17, 15) is 9.59 Å². The third kappa shape index (κ3) is 6.97. The average molecular weight is 250 g/mol. The van der Waals surface area contributed by atoms with E-state index in [-0.39, 0.29) is 12.4 Å². The predicted molar refractivity (Wildman–Crippen MR) is 73.5 cm³/mol. The van der Waals surface area contributed by atoms with Gasteiger partial charge in [0.05, 0.1) is 0 Å². The van der Waals surface area contributed by atoms with E-state index in [2.05, 4.69) is 6.92 Å². The van der Waals surface area contributed by atoms with Crippen molar-refractivity contribution in [2.24, 2.45) is 0 Å². The largest absolute Gasteiger partial charge is 0.373 e. The molecule has 0 aromatic rings. The van der Waals surface area contributed by atoms with Crippen LogP contribution in [0.4, 0.5) is 0 Å². The van der Waals surface area contributed by atoms with Gasteiger partial charge in [-0.15, -0.1) is 0 Å². The number of unbranched alkanes of at least 4 members (excludes halogenated alkanes) is 1. The maximum absolute atomic E-state index is 11.8. The summed E-state index contributed by atoms with van der Waals surface area (Å²) in [7, 11) is 0. The fraction of sp³-hybridized carbons (Fsp3) is 0.467. The highest BCUT2D eigenvalue weighted by molar-refractivity contribution is 6.00. The van der Waals surface area contributed by atoms with Gasteiger partial charge in [0.2, 0.25) is 0 Å². The molecule has 100 valence electrons. The van der Waals surface area contributed by atoms with E-state index >= 15 is 0 Å². The molecule has 0 aliphatic carbocycles. The standard InChI is InChI=1S/C15H22O3/c1-4-7-9-18-12-15(17)14(6-3)10-13(11-16)8-5-2/h5-6,8,10-11H,4,7,9,12H2,1-3H3/b8-5-,13-10+,14-6+. The molecule has 0 fully saturated rings. The summed E-state index contributed by atoms with van der Waals surface area (Å²) in [5.74, 6) is -0.0996. The van der Waals surface area contributed by atoms with Crippen LogP contribution in [-0.2, 0) is 14.3 Å². The predicted octanol–water partition coefficient (Wildman–Crippen LogP) is 3.02. The van der Waals surface area contributed by atoms with Gasteiger partial charge in [0, 0.05) is 17.8 Å². The Morgan fingerprint density at radius 3 is 2.50 bits per heavy atom. The molecule has 0 rings (SSSR count). The zero-order chi connectivity index (χ0) is 13.8. The summed E-state index contributed by atoms with van der Waals surface area (Å²) in [5.41, 5.74) is 0.985. The van der Waals surface area contributed by atoms with Crippen LogP contribution in [0, 0.1) is 0 Å². The summed E-state index contributed by atoms with van der Waals surface area (Å²) in [6, 6.07) is 0. The number of ketones is 1. The molecular formula is C15H22O3. The third-order valence-electron chi connectivity index (χ3n) is 2.33.